The first kappa shape index (κ1) is 16.8. The van der Waals surface area contributed by atoms with E-state index in [9.17, 15) is 14.4 Å². The zero-order chi connectivity index (χ0) is 18.1. The normalized spacial score (nSPS) is 17.7. The maximum Gasteiger partial charge on any atom is 0.322 e. The number of hydrogen-bond acceptors (Lipinski definition) is 3. The molecule has 0 saturated carbocycles. The second-order valence-electron chi connectivity index (χ2n) is 6.23. The first-order valence-electron chi connectivity index (χ1n) is 8.05. The smallest absolute Gasteiger partial charge is 0.322 e. The predicted octanol–water partition coefficient (Wildman–Crippen LogP) is 1.22. The van der Waals surface area contributed by atoms with E-state index in [2.05, 4.69) is 15.6 Å². The van der Waals surface area contributed by atoms with Crippen LogP contribution in [0.25, 0.3) is 10.9 Å². The third kappa shape index (κ3) is 3.28. The first-order chi connectivity index (χ1) is 11.9. The van der Waals surface area contributed by atoms with Crippen LogP contribution in [0.15, 0.2) is 24.3 Å². The van der Waals surface area contributed by atoms with E-state index >= 15 is 0 Å². The number of fused-ring (bicyclic) bond motifs is 1. The van der Waals surface area contributed by atoms with Crippen molar-refractivity contribution < 1.29 is 14.4 Å². The van der Waals surface area contributed by atoms with Gasteiger partial charge >= 0.3 is 6.03 Å². The molecule has 1 saturated heterocycles. The minimum absolute atomic E-state index is 0.0192. The Hall–Kier alpha value is -3.03. The Balaban J connectivity index is 1.75. The number of rotatable bonds is 2. The van der Waals surface area contributed by atoms with Gasteiger partial charge in [-0.15, -0.1) is 0 Å². The maximum absolute atomic E-state index is 12.4. The number of urea groups is 1. The highest BCUT2D eigenvalue weighted by Gasteiger charge is 2.29. The Labute approximate surface area is 145 Å². The maximum atomic E-state index is 12.4. The van der Waals surface area contributed by atoms with Crippen molar-refractivity contribution in [2.75, 3.05) is 32.5 Å². The summed E-state index contributed by atoms with van der Waals surface area (Å²) in [6, 6.07) is 6.74. The van der Waals surface area contributed by atoms with E-state index < -0.39 is 0 Å². The van der Waals surface area contributed by atoms with E-state index in [4.69, 9.17) is 0 Å². The molecule has 0 bridgehead atoms. The number of likely N-dealkylation sites (N-methyl/N-ethyl adjacent to an activating group) is 1. The molecule has 1 fully saturated rings. The van der Waals surface area contributed by atoms with Crippen LogP contribution in [0.3, 0.4) is 0 Å². The molecule has 0 unspecified atom stereocenters. The van der Waals surface area contributed by atoms with Crippen LogP contribution >= 0.6 is 0 Å². The molecule has 0 radical (unpaired) electrons. The zero-order valence-electron chi connectivity index (χ0n) is 14.4. The van der Waals surface area contributed by atoms with Gasteiger partial charge in [0.25, 0.3) is 5.91 Å². The van der Waals surface area contributed by atoms with Crippen LogP contribution in [-0.4, -0.2) is 65.9 Å². The van der Waals surface area contributed by atoms with Crippen molar-refractivity contribution in [1.82, 2.24) is 20.1 Å². The number of nitrogens with zero attached hydrogens (tertiary/aromatic N) is 2. The van der Waals surface area contributed by atoms with Crippen molar-refractivity contribution in [3.05, 3.63) is 30.0 Å². The number of hydrogen-bond donors (Lipinski definition) is 3. The number of aromatic amines is 1. The molecule has 1 atom stereocenters. The molecule has 4 amide bonds. The van der Waals surface area contributed by atoms with E-state index in [0.717, 1.165) is 10.9 Å². The molecule has 132 valence electrons. The van der Waals surface area contributed by atoms with Gasteiger partial charge in [-0.05, 0) is 31.2 Å². The van der Waals surface area contributed by atoms with Crippen molar-refractivity contribution in [2.24, 2.45) is 0 Å². The van der Waals surface area contributed by atoms with Gasteiger partial charge in [0.1, 0.15) is 12.2 Å². The summed E-state index contributed by atoms with van der Waals surface area (Å²) in [7, 11) is 3.31. The molecule has 0 aliphatic carbocycles. The average molecular weight is 343 g/mol. The van der Waals surface area contributed by atoms with Crippen LogP contribution in [0, 0.1) is 0 Å². The predicted molar refractivity (Wildman–Crippen MR) is 94.5 cm³/mol. The summed E-state index contributed by atoms with van der Waals surface area (Å²) in [6.45, 7) is 2.46. The molecule has 0 spiro atoms. The highest BCUT2D eigenvalue weighted by molar-refractivity contribution is 6.00. The Bertz CT molecular complexity index is 844. The summed E-state index contributed by atoms with van der Waals surface area (Å²) >= 11 is 0. The van der Waals surface area contributed by atoms with Crippen LogP contribution in [0.1, 0.15) is 17.4 Å². The lowest BCUT2D eigenvalue weighted by Gasteiger charge is -2.37. The number of piperazine rings is 1. The molecule has 2 heterocycles. The molecule has 2 aromatic rings. The molecule has 8 nitrogen and oxygen atoms in total. The van der Waals surface area contributed by atoms with Crippen molar-refractivity contribution in [3.63, 3.8) is 0 Å². The number of amides is 4. The van der Waals surface area contributed by atoms with Crippen LogP contribution in [0.2, 0.25) is 0 Å². The minimum atomic E-state index is -0.310. The molecule has 3 N–H and O–H groups in total. The molecule has 8 heteroatoms. The number of carbonyl (C=O) groups is 3. The quantitative estimate of drug-likeness (QED) is 0.765. The second kappa shape index (κ2) is 6.46. The largest absolute Gasteiger partial charge is 0.354 e. The molecule has 1 aliphatic heterocycles. The number of carbonyl (C=O) groups excluding carboxylic acids is 3. The van der Waals surface area contributed by atoms with Gasteiger partial charge in [0.2, 0.25) is 5.91 Å². The van der Waals surface area contributed by atoms with Gasteiger partial charge in [-0.2, -0.15) is 0 Å². The Morgan fingerprint density at radius 2 is 2.04 bits per heavy atom. The SMILES string of the molecule is CNC(=O)c1cc2cc(NC(=O)N3CC(=O)N(C)[C@@H](C)C3)ccc2[nH]1. The van der Waals surface area contributed by atoms with E-state index in [-0.39, 0.29) is 30.4 Å². The number of anilines is 1. The summed E-state index contributed by atoms with van der Waals surface area (Å²) < 4.78 is 0. The van der Waals surface area contributed by atoms with Gasteiger partial charge in [-0.3, -0.25) is 9.59 Å². The van der Waals surface area contributed by atoms with Gasteiger partial charge < -0.3 is 25.4 Å². The van der Waals surface area contributed by atoms with Crippen LogP contribution in [-0.2, 0) is 4.79 Å². The lowest BCUT2D eigenvalue weighted by Crippen LogP contribution is -2.56. The fraction of sp³-hybridized carbons (Fsp3) is 0.353. The molecule has 1 aliphatic rings. The molecule has 25 heavy (non-hydrogen) atoms. The lowest BCUT2D eigenvalue weighted by molar-refractivity contribution is -0.135. The van der Waals surface area contributed by atoms with Crippen molar-refractivity contribution in [3.8, 4) is 0 Å². The fourth-order valence-electron chi connectivity index (χ4n) is 2.85. The third-order valence-corrected chi connectivity index (χ3v) is 4.50. The highest BCUT2D eigenvalue weighted by atomic mass is 16.2. The molecular formula is C17H21N5O3. The van der Waals surface area contributed by atoms with Crippen LogP contribution in [0.5, 0.6) is 0 Å². The van der Waals surface area contributed by atoms with Crippen molar-refractivity contribution >= 4 is 34.4 Å². The number of benzene rings is 1. The summed E-state index contributed by atoms with van der Waals surface area (Å²) in [6.07, 6.45) is 0. The third-order valence-electron chi connectivity index (χ3n) is 4.50. The van der Waals surface area contributed by atoms with Gasteiger partial charge in [0, 0.05) is 43.3 Å². The van der Waals surface area contributed by atoms with Gasteiger partial charge in [0.05, 0.1) is 0 Å². The molecular weight excluding hydrogens is 322 g/mol. The summed E-state index contributed by atoms with van der Waals surface area (Å²) in [4.78, 5) is 42.2. The fourth-order valence-corrected chi connectivity index (χ4v) is 2.85. The average Bonchev–Trinajstić information content (AvgIpc) is 3.01. The first-order valence-corrected chi connectivity index (χ1v) is 8.05. The zero-order valence-corrected chi connectivity index (χ0v) is 14.4. The highest BCUT2D eigenvalue weighted by Crippen LogP contribution is 2.21. The molecule has 1 aromatic carbocycles. The Morgan fingerprint density at radius 1 is 1.28 bits per heavy atom. The van der Waals surface area contributed by atoms with E-state index in [1.807, 2.05) is 6.92 Å². The number of aromatic nitrogens is 1. The van der Waals surface area contributed by atoms with E-state index in [1.165, 1.54) is 4.90 Å². The van der Waals surface area contributed by atoms with Gasteiger partial charge in [-0.1, -0.05) is 0 Å². The van der Waals surface area contributed by atoms with Crippen LogP contribution < -0.4 is 10.6 Å². The second-order valence-corrected chi connectivity index (χ2v) is 6.23. The Kier molecular flexibility index (Phi) is 4.35. The topological polar surface area (TPSA) is 97.5 Å². The minimum Gasteiger partial charge on any atom is -0.354 e. The monoisotopic (exact) mass is 343 g/mol. The summed E-state index contributed by atoms with van der Waals surface area (Å²) in [5.74, 6) is -0.281. The summed E-state index contributed by atoms with van der Waals surface area (Å²) in [5, 5.41) is 6.19. The number of H-pyrrole nitrogens is 1. The standard InChI is InChI=1S/C17H21N5O3/c1-10-8-22(9-15(23)21(10)3)17(25)19-12-4-5-13-11(6-12)7-14(20-13)16(24)18-2/h4-7,10,20H,8-9H2,1-3H3,(H,18,24)(H,19,25)/t10-/m0/s1. The molecule has 3 rings (SSSR count). The summed E-state index contributed by atoms with van der Waals surface area (Å²) in [5.41, 5.74) is 1.87. The van der Waals surface area contributed by atoms with Crippen LogP contribution in [0.4, 0.5) is 10.5 Å². The molecule has 1 aromatic heterocycles. The number of nitrogens with one attached hydrogen (secondary N) is 3. The van der Waals surface area contributed by atoms with Gasteiger partial charge in [0.15, 0.2) is 0 Å². The van der Waals surface area contributed by atoms with Crippen molar-refractivity contribution in [1.29, 1.82) is 0 Å². The van der Waals surface area contributed by atoms with E-state index in [0.29, 0.717) is 17.9 Å². The Morgan fingerprint density at radius 3 is 2.72 bits per heavy atom. The van der Waals surface area contributed by atoms with E-state index in [1.54, 1.807) is 43.3 Å². The van der Waals surface area contributed by atoms with Gasteiger partial charge in [-0.25, -0.2) is 4.79 Å². The lowest BCUT2D eigenvalue weighted by atomic mass is 10.2. The van der Waals surface area contributed by atoms with Crippen molar-refractivity contribution in [2.45, 2.75) is 13.0 Å².